The van der Waals surface area contributed by atoms with Crippen LogP contribution in [0.1, 0.15) is 26.0 Å². The molecule has 0 unspecified atom stereocenters. The van der Waals surface area contributed by atoms with Crippen LogP contribution in [0.25, 0.3) is 10.8 Å². The van der Waals surface area contributed by atoms with Gasteiger partial charge in [-0.2, -0.15) is 5.10 Å². The van der Waals surface area contributed by atoms with Gasteiger partial charge in [0.1, 0.15) is 0 Å². The van der Waals surface area contributed by atoms with E-state index in [-0.39, 0.29) is 17.9 Å². The van der Waals surface area contributed by atoms with Crippen LogP contribution < -0.4 is 5.56 Å². The lowest BCUT2D eigenvalue weighted by molar-refractivity contribution is -0.133. The maximum absolute atomic E-state index is 12.6. The van der Waals surface area contributed by atoms with E-state index in [2.05, 4.69) is 24.0 Å². The second-order valence-corrected chi connectivity index (χ2v) is 6.47. The number of carbonyl (C=O) groups is 1. The largest absolute Gasteiger partial charge is 0.342 e. The summed E-state index contributed by atoms with van der Waals surface area (Å²) in [6, 6.07) is 7.29. The summed E-state index contributed by atoms with van der Waals surface area (Å²) in [5, 5.41) is 7.93. The number of likely N-dealkylation sites (tertiary alicyclic amines) is 1. The number of carbonyl (C=O) groups excluding carboxylic acids is 1. The Kier molecular flexibility index (Phi) is 3.96. The van der Waals surface area contributed by atoms with E-state index in [9.17, 15) is 9.59 Å². The molecule has 116 valence electrons. The van der Waals surface area contributed by atoms with Crippen LogP contribution in [0.15, 0.2) is 29.1 Å². The molecule has 1 N–H and O–H groups in total. The maximum Gasteiger partial charge on any atom is 0.272 e. The van der Waals surface area contributed by atoms with Crippen LogP contribution in [0.4, 0.5) is 0 Å². The number of rotatable bonds is 2. The van der Waals surface area contributed by atoms with E-state index in [1.807, 2.05) is 23.1 Å². The Labute approximate surface area is 129 Å². The van der Waals surface area contributed by atoms with Crippen molar-refractivity contribution in [2.75, 3.05) is 13.1 Å². The topological polar surface area (TPSA) is 66.1 Å². The Morgan fingerprint density at radius 2 is 1.86 bits per heavy atom. The molecule has 1 fully saturated rings. The third-order valence-electron chi connectivity index (χ3n) is 4.32. The Hall–Kier alpha value is -2.17. The van der Waals surface area contributed by atoms with Crippen LogP contribution in [-0.2, 0) is 11.2 Å². The molecule has 22 heavy (non-hydrogen) atoms. The van der Waals surface area contributed by atoms with Gasteiger partial charge in [-0.1, -0.05) is 32.0 Å². The molecule has 1 amide bonds. The first-order valence-corrected chi connectivity index (χ1v) is 7.78. The van der Waals surface area contributed by atoms with E-state index in [1.165, 1.54) is 6.42 Å². The summed E-state index contributed by atoms with van der Waals surface area (Å²) < 4.78 is 0. The zero-order valence-electron chi connectivity index (χ0n) is 13.0. The van der Waals surface area contributed by atoms with E-state index in [4.69, 9.17) is 0 Å². The van der Waals surface area contributed by atoms with Gasteiger partial charge in [-0.15, -0.1) is 0 Å². The molecule has 5 nitrogen and oxygen atoms in total. The molecule has 1 aromatic heterocycles. The van der Waals surface area contributed by atoms with Crippen LogP contribution in [0.5, 0.6) is 0 Å². The minimum Gasteiger partial charge on any atom is -0.342 e. The average molecular weight is 299 g/mol. The SMILES string of the molecule is C[C@@H]1C[C@H](C)CN(C(=O)Cc2n[nH]c(=O)c3ccccc23)C1. The van der Waals surface area contributed by atoms with Gasteiger partial charge in [0.05, 0.1) is 17.5 Å². The lowest BCUT2D eigenvalue weighted by Gasteiger charge is -2.35. The van der Waals surface area contributed by atoms with Gasteiger partial charge >= 0.3 is 0 Å². The predicted octanol–water partition coefficient (Wildman–Crippen LogP) is 1.97. The number of fused-ring (bicyclic) bond motifs is 1. The molecule has 0 bridgehead atoms. The predicted molar refractivity (Wildman–Crippen MR) is 85.6 cm³/mol. The summed E-state index contributed by atoms with van der Waals surface area (Å²) in [5.41, 5.74) is 0.429. The van der Waals surface area contributed by atoms with E-state index >= 15 is 0 Å². The summed E-state index contributed by atoms with van der Waals surface area (Å²) in [6.45, 7) is 5.99. The fraction of sp³-hybridized carbons (Fsp3) is 0.471. The molecule has 3 rings (SSSR count). The van der Waals surface area contributed by atoms with Crippen molar-refractivity contribution >= 4 is 16.7 Å². The number of hydrogen-bond donors (Lipinski definition) is 1. The van der Waals surface area contributed by atoms with Crippen LogP contribution in [0.2, 0.25) is 0 Å². The molecular weight excluding hydrogens is 278 g/mol. The summed E-state index contributed by atoms with van der Waals surface area (Å²) in [7, 11) is 0. The standard InChI is InChI=1S/C17H21N3O2/c1-11-7-12(2)10-20(9-11)16(21)8-15-13-5-3-4-6-14(13)17(22)19-18-15/h3-6,11-12H,7-10H2,1-2H3,(H,19,22)/t11-,12+. The monoisotopic (exact) mass is 299 g/mol. The maximum atomic E-state index is 12.6. The highest BCUT2D eigenvalue weighted by molar-refractivity contribution is 5.88. The Morgan fingerprint density at radius 3 is 2.55 bits per heavy atom. The number of H-pyrrole nitrogens is 1. The van der Waals surface area contributed by atoms with Crippen molar-refractivity contribution in [3.05, 3.63) is 40.3 Å². The third-order valence-corrected chi connectivity index (χ3v) is 4.32. The number of hydrogen-bond acceptors (Lipinski definition) is 3. The smallest absolute Gasteiger partial charge is 0.272 e. The van der Waals surface area contributed by atoms with Crippen molar-refractivity contribution in [1.82, 2.24) is 15.1 Å². The van der Waals surface area contributed by atoms with E-state index in [0.29, 0.717) is 22.9 Å². The molecule has 1 aliphatic heterocycles. The first-order chi connectivity index (χ1) is 10.5. The molecule has 1 aromatic carbocycles. The first-order valence-electron chi connectivity index (χ1n) is 7.78. The highest BCUT2D eigenvalue weighted by Gasteiger charge is 2.26. The highest BCUT2D eigenvalue weighted by atomic mass is 16.2. The zero-order valence-corrected chi connectivity index (χ0v) is 13.0. The zero-order chi connectivity index (χ0) is 15.7. The van der Waals surface area contributed by atoms with Crippen molar-refractivity contribution in [3.63, 3.8) is 0 Å². The number of piperidine rings is 1. The highest BCUT2D eigenvalue weighted by Crippen LogP contribution is 2.22. The van der Waals surface area contributed by atoms with Crippen molar-refractivity contribution in [3.8, 4) is 0 Å². The number of aromatic nitrogens is 2. The minimum atomic E-state index is -0.216. The average Bonchev–Trinajstić information content (AvgIpc) is 2.49. The van der Waals surface area contributed by atoms with Gasteiger partial charge in [-0.3, -0.25) is 9.59 Å². The summed E-state index contributed by atoms with van der Waals surface area (Å²) in [4.78, 5) is 26.3. The molecule has 5 heteroatoms. The van der Waals surface area contributed by atoms with Gasteiger partial charge in [0.25, 0.3) is 5.56 Å². The fourth-order valence-electron chi connectivity index (χ4n) is 3.43. The normalized spacial score (nSPS) is 22.0. The van der Waals surface area contributed by atoms with Gasteiger partial charge < -0.3 is 4.90 Å². The lowest BCUT2D eigenvalue weighted by atomic mass is 9.91. The molecule has 2 heterocycles. The van der Waals surface area contributed by atoms with Crippen molar-refractivity contribution in [1.29, 1.82) is 0 Å². The molecule has 2 aromatic rings. The third kappa shape index (κ3) is 2.89. The Morgan fingerprint density at radius 1 is 1.23 bits per heavy atom. The quantitative estimate of drug-likeness (QED) is 0.922. The van der Waals surface area contributed by atoms with Gasteiger partial charge in [-0.25, -0.2) is 5.10 Å². The van der Waals surface area contributed by atoms with Crippen LogP contribution in [-0.4, -0.2) is 34.1 Å². The number of aromatic amines is 1. The Bertz CT molecular complexity index is 743. The molecular formula is C17H21N3O2. The molecule has 0 spiro atoms. The van der Waals surface area contributed by atoms with Crippen molar-refractivity contribution < 1.29 is 4.79 Å². The molecule has 1 aliphatic rings. The molecule has 0 radical (unpaired) electrons. The van der Waals surface area contributed by atoms with E-state index in [1.54, 1.807) is 6.07 Å². The minimum absolute atomic E-state index is 0.0862. The van der Waals surface area contributed by atoms with Gasteiger partial charge in [0.2, 0.25) is 5.91 Å². The summed E-state index contributed by atoms with van der Waals surface area (Å²) in [5.74, 6) is 1.16. The van der Waals surface area contributed by atoms with Gasteiger partial charge in [-0.05, 0) is 24.3 Å². The Balaban J connectivity index is 1.86. The molecule has 0 aliphatic carbocycles. The van der Waals surface area contributed by atoms with Crippen LogP contribution in [0.3, 0.4) is 0 Å². The lowest BCUT2D eigenvalue weighted by Crippen LogP contribution is -2.43. The second-order valence-electron chi connectivity index (χ2n) is 6.47. The number of amides is 1. The number of benzene rings is 1. The second kappa shape index (κ2) is 5.91. The van der Waals surface area contributed by atoms with Gasteiger partial charge in [0.15, 0.2) is 0 Å². The fourth-order valence-corrected chi connectivity index (χ4v) is 3.43. The summed E-state index contributed by atoms with van der Waals surface area (Å²) >= 11 is 0. The van der Waals surface area contributed by atoms with Crippen LogP contribution >= 0.6 is 0 Å². The van der Waals surface area contributed by atoms with Crippen LogP contribution in [0, 0.1) is 11.8 Å². The molecule has 1 saturated heterocycles. The van der Waals surface area contributed by atoms with E-state index in [0.717, 1.165) is 18.5 Å². The first kappa shape index (κ1) is 14.8. The van der Waals surface area contributed by atoms with E-state index < -0.39 is 0 Å². The number of nitrogens with one attached hydrogen (secondary N) is 1. The van der Waals surface area contributed by atoms with Crippen molar-refractivity contribution in [2.45, 2.75) is 26.7 Å². The van der Waals surface area contributed by atoms with Crippen molar-refractivity contribution in [2.24, 2.45) is 11.8 Å². The molecule has 2 atom stereocenters. The summed E-state index contributed by atoms with van der Waals surface area (Å²) in [6.07, 6.45) is 1.40. The molecule has 0 saturated carbocycles. The van der Waals surface area contributed by atoms with Gasteiger partial charge in [0, 0.05) is 18.5 Å². The number of nitrogens with zero attached hydrogens (tertiary/aromatic N) is 2.